The summed E-state index contributed by atoms with van der Waals surface area (Å²) in [6.07, 6.45) is 4.47. The van der Waals surface area contributed by atoms with Gasteiger partial charge in [0.05, 0.1) is 0 Å². The van der Waals surface area contributed by atoms with Crippen LogP contribution in [0.1, 0.15) is 47.4 Å². The van der Waals surface area contributed by atoms with Gasteiger partial charge in [0.25, 0.3) is 0 Å². The van der Waals surface area contributed by atoms with Gasteiger partial charge < -0.3 is 22.1 Å². The second-order valence-corrected chi connectivity index (χ2v) is 9.93. The van der Waals surface area contributed by atoms with Crippen molar-refractivity contribution in [1.82, 2.24) is 15.0 Å². The molecule has 0 radical (unpaired) electrons. The predicted molar refractivity (Wildman–Crippen MR) is 130 cm³/mol. The van der Waals surface area contributed by atoms with Crippen LogP contribution < -0.4 is 22.1 Å². The Bertz CT molecular complexity index is 1220. The molecule has 33 heavy (non-hydrogen) atoms. The molecule has 1 fully saturated rings. The Morgan fingerprint density at radius 2 is 1.91 bits per heavy atom. The second kappa shape index (κ2) is 8.31. The van der Waals surface area contributed by atoms with Crippen molar-refractivity contribution in [1.29, 1.82) is 0 Å². The lowest BCUT2D eigenvalue weighted by molar-refractivity contribution is 0.101. The fraction of sp³-hybridized carbons (Fsp3) is 0.333. The Labute approximate surface area is 197 Å². The second-order valence-electron chi connectivity index (χ2n) is 8.86. The normalized spacial score (nSPS) is 19.0. The number of fused-ring (bicyclic) bond motifs is 1. The molecule has 1 aromatic carbocycles. The minimum absolute atomic E-state index is 0.0332. The zero-order valence-electron chi connectivity index (χ0n) is 18.5. The Hall–Kier alpha value is -3.17. The number of rotatable bonds is 4. The van der Waals surface area contributed by atoms with Crippen LogP contribution >= 0.6 is 11.8 Å². The van der Waals surface area contributed by atoms with Gasteiger partial charge in [-0.3, -0.25) is 4.79 Å². The number of nitrogen functional groups attached to an aromatic ring is 2. The van der Waals surface area contributed by atoms with Gasteiger partial charge in [0.1, 0.15) is 16.5 Å². The first-order chi connectivity index (χ1) is 15.9. The van der Waals surface area contributed by atoms with E-state index in [4.69, 9.17) is 17.2 Å². The van der Waals surface area contributed by atoms with Crippen molar-refractivity contribution in [2.24, 2.45) is 11.1 Å². The maximum absolute atomic E-state index is 12.5. The highest BCUT2D eigenvalue weighted by atomic mass is 32.2. The molecule has 0 amide bonds. The Morgan fingerprint density at radius 3 is 2.61 bits per heavy atom. The van der Waals surface area contributed by atoms with E-state index >= 15 is 0 Å². The number of benzene rings is 1. The number of ketones is 1. The molecule has 170 valence electrons. The van der Waals surface area contributed by atoms with Crippen LogP contribution in [0, 0.1) is 5.41 Å². The fourth-order valence-corrected chi connectivity index (χ4v) is 5.85. The van der Waals surface area contributed by atoms with Gasteiger partial charge in [-0.15, -0.1) is 0 Å². The molecule has 2 aliphatic rings. The van der Waals surface area contributed by atoms with Crippen LogP contribution in [-0.4, -0.2) is 33.8 Å². The van der Waals surface area contributed by atoms with Gasteiger partial charge in [0.15, 0.2) is 17.4 Å². The molecule has 1 saturated heterocycles. The minimum atomic E-state index is -0.140. The third-order valence-corrected chi connectivity index (χ3v) is 7.81. The number of hydrogen-bond acceptors (Lipinski definition) is 9. The van der Waals surface area contributed by atoms with E-state index in [1.165, 1.54) is 29.8 Å². The number of hydrogen-bond donors (Lipinski definition) is 3. The third-order valence-electron chi connectivity index (χ3n) is 6.82. The van der Waals surface area contributed by atoms with Gasteiger partial charge in [-0.2, -0.15) is 0 Å². The Kier molecular flexibility index (Phi) is 5.46. The number of pyridine rings is 1. The van der Waals surface area contributed by atoms with Crippen LogP contribution in [0.4, 0.5) is 17.5 Å². The largest absolute Gasteiger partial charge is 0.384 e. The maximum Gasteiger partial charge on any atom is 0.181 e. The summed E-state index contributed by atoms with van der Waals surface area (Å²) in [5.41, 5.74) is 21.8. The van der Waals surface area contributed by atoms with E-state index in [1.54, 1.807) is 12.3 Å². The smallest absolute Gasteiger partial charge is 0.181 e. The average molecular weight is 462 g/mol. The minimum Gasteiger partial charge on any atom is -0.384 e. The highest BCUT2D eigenvalue weighted by Gasteiger charge is 2.46. The molecule has 5 rings (SSSR count). The summed E-state index contributed by atoms with van der Waals surface area (Å²) in [6, 6.07) is 12.1. The van der Waals surface area contributed by atoms with Crippen molar-refractivity contribution >= 4 is 35.0 Å². The predicted octanol–water partition coefficient (Wildman–Crippen LogP) is 3.23. The summed E-state index contributed by atoms with van der Waals surface area (Å²) < 4.78 is 0. The van der Waals surface area contributed by atoms with Crippen LogP contribution in [0.2, 0.25) is 0 Å². The number of anilines is 3. The van der Waals surface area contributed by atoms with Crippen molar-refractivity contribution in [2.75, 3.05) is 29.5 Å². The lowest BCUT2D eigenvalue weighted by Gasteiger charge is -2.42. The lowest BCUT2D eigenvalue weighted by atomic mass is 9.73. The van der Waals surface area contributed by atoms with Crippen molar-refractivity contribution in [3.8, 4) is 0 Å². The third kappa shape index (κ3) is 3.91. The van der Waals surface area contributed by atoms with E-state index in [9.17, 15) is 4.79 Å². The van der Waals surface area contributed by atoms with E-state index in [0.717, 1.165) is 37.2 Å². The van der Waals surface area contributed by atoms with Crippen LogP contribution in [0.5, 0.6) is 0 Å². The summed E-state index contributed by atoms with van der Waals surface area (Å²) in [4.78, 5) is 28.7. The van der Waals surface area contributed by atoms with E-state index in [1.807, 2.05) is 6.07 Å². The molecule has 0 saturated carbocycles. The zero-order chi connectivity index (χ0) is 23.2. The number of nitrogens with zero attached hydrogens (tertiary/aromatic N) is 4. The van der Waals surface area contributed by atoms with Gasteiger partial charge in [-0.05, 0) is 47.9 Å². The lowest BCUT2D eigenvalue weighted by Crippen LogP contribution is -2.45. The van der Waals surface area contributed by atoms with Gasteiger partial charge in [-0.1, -0.05) is 36.0 Å². The quantitative estimate of drug-likeness (QED) is 0.500. The molecule has 8 nitrogen and oxygen atoms in total. The van der Waals surface area contributed by atoms with Crippen molar-refractivity contribution < 1.29 is 4.79 Å². The van der Waals surface area contributed by atoms with E-state index < -0.39 is 0 Å². The number of carbonyl (C=O) groups is 1. The summed E-state index contributed by atoms with van der Waals surface area (Å²) in [7, 11) is 0. The van der Waals surface area contributed by atoms with Crippen molar-refractivity contribution in [3.63, 3.8) is 0 Å². The van der Waals surface area contributed by atoms with Gasteiger partial charge in [0.2, 0.25) is 0 Å². The first kappa shape index (κ1) is 21.7. The molecule has 3 heterocycles. The number of carbonyl (C=O) groups excluding carboxylic acids is 1. The molecule has 1 aliphatic carbocycles. The summed E-state index contributed by atoms with van der Waals surface area (Å²) in [5.74, 6) is 1.11. The monoisotopic (exact) mass is 461 g/mol. The number of piperidine rings is 1. The number of aromatic nitrogens is 3. The summed E-state index contributed by atoms with van der Waals surface area (Å²) in [6.45, 7) is 3.02. The number of Topliss-reactive ketones (excluding diaryl/α,β-unsaturated/α-hetero) is 1. The highest BCUT2D eigenvalue weighted by Crippen LogP contribution is 2.51. The molecule has 9 heteroatoms. The zero-order valence-corrected chi connectivity index (χ0v) is 19.3. The SMILES string of the molecule is CC(=O)c1nc(Sc2ccnc(N)c2)c(N)nc1N1CCC2(CC1)Cc1ccccc1[C@H]2N. The Morgan fingerprint density at radius 1 is 1.15 bits per heavy atom. The Balaban J connectivity index is 1.39. The van der Waals surface area contributed by atoms with E-state index in [2.05, 4.69) is 44.1 Å². The molecule has 3 aromatic rings. The highest BCUT2D eigenvalue weighted by molar-refractivity contribution is 7.99. The van der Waals surface area contributed by atoms with Gasteiger partial charge in [-0.25, -0.2) is 15.0 Å². The molecule has 0 bridgehead atoms. The standard InChI is InChI=1S/C24H27N7OS/c1-14(32)19-22(30-21(27)23(29-19)33-16-6-9-28-18(25)12-16)31-10-7-24(8-11-31)13-15-4-2-3-5-17(15)20(24)26/h2-6,9,12,20H,7-8,10-11,13,26H2,1H3,(H2,25,28)(H2,27,30)/t20-/m1/s1. The van der Waals surface area contributed by atoms with Gasteiger partial charge in [0, 0.05) is 37.1 Å². The average Bonchev–Trinajstić information content (AvgIpc) is 3.07. The first-order valence-corrected chi connectivity index (χ1v) is 11.8. The van der Waals surface area contributed by atoms with E-state index in [0.29, 0.717) is 28.2 Å². The molecule has 2 aromatic heterocycles. The van der Waals surface area contributed by atoms with Crippen LogP contribution in [0.25, 0.3) is 0 Å². The van der Waals surface area contributed by atoms with E-state index in [-0.39, 0.29) is 17.2 Å². The summed E-state index contributed by atoms with van der Waals surface area (Å²) in [5, 5.41) is 0.483. The molecule has 1 spiro atoms. The fourth-order valence-electron chi connectivity index (χ4n) is 5.03. The molecular weight excluding hydrogens is 434 g/mol. The van der Waals surface area contributed by atoms with Crippen molar-refractivity contribution in [3.05, 3.63) is 59.4 Å². The topological polar surface area (TPSA) is 137 Å². The first-order valence-electron chi connectivity index (χ1n) is 11.0. The molecule has 0 unspecified atom stereocenters. The van der Waals surface area contributed by atoms with Crippen molar-refractivity contribution in [2.45, 2.75) is 42.1 Å². The van der Waals surface area contributed by atoms with Gasteiger partial charge >= 0.3 is 0 Å². The maximum atomic E-state index is 12.5. The van der Waals surface area contributed by atoms with Crippen LogP contribution in [-0.2, 0) is 6.42 Å². The molecule has 6 N–H and O–H groups in total. The van der Waals surface area contributed by atoms with Crippen LogP contribution in [0.15, 0.2) is 52.5 Å². The molecular formula is C24H27N7OS. The molecule has 1 atom stereocenters. The number of nitrogens with two attached hydrogens (primary N) is 3. The van der Waals surface area contributed by atoms with Crippen LogP contribution in [0.3, 0.4) is 0 Å². The summed E-state index contributed by atoms with van der Waals surface area (Å²) >= 11 is 1.32. The molecule has 1 aliphatic heterocycles.